The van der Waals surface area contributed by atoms with Gasteiger partial charge in [0.15, 0.2) is 11.6 Å². The van der Waals surface area contributed by atoms with E-state index in [0.29, 0.717) is 0 Å². The average molecular weight is 196 g/mol. The molecule has 0 aromatic carbocycles. The summed E-state index contributed by atoms with van der Waals surface area (Å²) in [6, 6.07) is 0. The van der Waals surface area contributed by atoms with E-state index in [0.717, 1.165) is 0 Å². The van der Waals surface area contributed by atoms with Crippen LogP contribution in [0.15, 0.2) is 22.7 Å². The van der Waals surface area contributed by atoms with E-state index >= 15 is 0 Å². The smallest absolute Gasteiger partial charge is 0.159 e. The third-order valence-electron chi connectivity index (χ3n) is 2.24. The van der Waals surface area contributed by atoms with Gasteiger partial charge >= 0.3 is 0 Å². The summed E-state index contributed by atoms with van der Waals surface area (Å²) in [7, 11) is 0. The third-order valence-corrected chi connectivity index (χ3v) is 2.24. The molecule has 1 rings (SSSR count). The van der Waals surface area contributed by atoms with Crippen LogP contribution in [0.5, 0.6) is 0 Å². The Hall–Kier alpha value is -1.58. The largest absolute Gasteiger partial charge is 0.512 e. The van der Waals surface area contributed by atoms with Gasteiger partial charge in [-0.05, 0) is 13.8 Å². The first-order chi connectivity index (χ1) is 6.43. The van der Waals surface area contributed by atoms with Crippen LogP contribution in [0, 0.1) is 0 Å². The molecule has 14 heavy (non-hydrogen) atoms. The van der Waals surface area contributed by atoms with Crippen molar-refractivity contribution in [2.75, 3.05) is 0 Å². The van der Waals surface area contributed by atoms with Crippen molar-refractivity contribution < 1.29 is 19.8 Å². The van der Waals surface area contributed by atoms with Crippen LogP contribution in [0.2, 0.25) is 0 Å². The van der Waals surface area contributed by atoms with E-state index in [4.69, 9.17) is 0 Å². The maximum Gasteiger partial charge on any atom is 0.159 e. The number of Topliss-reactive ketones (excluding diaryl/α,β-unsaturated/α-hetero) is 2. The van der Waals surface area contributed by atoms with Crippen molar-refractivity contribution in [3.05, 3.63) is 22.7 Å². The van der Waals surface area contributed by atoms with Crippen LogP contribution in [0.4, 0.5) is 0 Å². The van der Waals surface area contributed by atoms with Crippen molar-refractivity contribution in [3.63, 3.8) is 0 Å². The molecule has 0 heterocycles. The monoisotopic (exact) mass is 196 g/mol. The van der Waals surface area contributed by atoms with Crippen molar-refractivity contribution in [2.45, 2.75) is 26.7 Å². The first kappa shape index (κ1) is 10.5. The summed E-state index contributed by atoms with van der Waals surface area (Å²) in [5.74, 6) is -0.783. The summed E-state index contributed by atoms with van der Waals surface area (Å²) in [6.45, 7) is 2.63. The SMILES string of the molecule is CC(=O)C1=C(O)CC(C(C)=O)=C(O)C1. The normalized spacial score (nSPS) is 17.3. The second-order valence-electron chi connectivity index (χ2n) is 3.32. The zero-order valence-corrected chi connectivity index (χ0v) is 8.13. The van der Waals surface area contributed by atoms with Gasteiger partial charge in [0, 0.05) is 24.0 Å². The molecule has 4 heteroatoms. The van der Waals surface area contributed by atoms with E-state index in [1.807, 2.05) is 0 Å². The van der Waals surface area contributed by atoms with Crippen molar-refractivity contribution in [3.8, 4) is 0 Å². The number of aliphatic hydroxyl groups is 2. The molecule has 0 aromatic rings. The Balaban J connectivity index is 3.01. The second kappa shape index (κ2) is 3.65. The van der Waals surface area contributed by atoms with Gasteiger partial charge in [0.25, 0.3) is 0 Å². The van der Waals surface area contributed by atoms with Gasteiger partial charge in [-0.15, -0.1) is 0 Å². The second-order valence-corrected chi connectivity index (χ2v) is 3.32. The van der Waals surface area contributed by atoms with Crippen LogP contribution in [-0.4, -0.2) is 21.8 Å². The summed E-state index contributed by atoms with van der Waals surface area (Å²) in [5, 5.41) is 18.9. The molecule has 0 radical (unpaired) electrons. The number of hydrogen-bond acceptors (Lipinski definition) is 4. The summed E-state index contributed by atoms with van der Waals surface area (Å²) in [6.07, 6.45) is -0.0911. The van der Waals surface area contributed by atoms with Gasteiger partial charge in [-0.3, -0.25) is 9.59 Å². The number of allylic oxidation sites excluding steroid dienone is 2. The molecule has 0 aromatic heterocycles. The molecule has 0 saturated carbocycles. The zero-order chi connectivity index (χ0) is 10.9. The van der Waals surface area contributed by atoms with Crippen molar-refractivity contribution in [1.82, 2.24) is 0 Å². The van der Waals surface area contributed by atoms with Gasteiger partial charge in [-0.1, -0.05) is 0 Å². The van der Waals surface area contributed by atoms with Crippen molar-refractivity contribution >= 4 is 11.6 Å². The number of carbonyl (C=O) groups is 2. The van der Waals surface area contributed by atoms with Gasteiger partial charge in [0.2, 0.25) is 0 Å². The van der Waals surface area contributed by atoms with E-state index in [1.165, 1.54) is 13.8 Å². The van der Waals surface area contributed by atoms with Gasteiger partial charge < -0.3 is 10.2 Å². The van der Waals surface area contributed by atoms with Crippen LogP contribution < -0.4 is 0 Å². The first-order valence-electron chi connectivity index (χ1n) is 4.27. The fourth-order valence-electron chi connectivity index (χ4n) is 1.41. The molecule has 0 bridgehead atoms. The number of carbonyl (C=O) groups excluding carboxylic acids is 2. The van der Waals surface area contributed by atoms with Crippen LogP contribution in [0.3, 0.4) is 0 Å². The molecule has 1 aliphatic carbocycles. The zero-order valence-electron chi connectivity index (χ0n) is 8.13. The lowest BCUT2D eigenvalue weighted by Gasteiger charge is -2.16. The Kier molecular flexibility index (Phi) is 2.74. The molecule has 0 atom stereocenters. The minimum Gasteiger partial charge on any atom is -0.512 e. The molecule has 0 aliphatic heterocycles. The van der Waals surface area contributed by atoms with Gasteiger partial charge in [0.1, 0.15) is 11.5 Å². The first-order valence-corrected chi connectivity index (χ1v) is 4.27. The molecule has 1 aliphatic rings. The minimum atomic E-state index is -0.281. The Morgan fingerprint density at radius 2 is 1.21 bits per heavy atom. The maximum atomic E-state index is 11.0. The summed E-state index contributed by atoms with van der Waals surface area (Å²) in [4.78, 5) is 22.0. The Bertz CT molecular complexity index is 324. The third kappa shape index (κ3) is 1.84. The van der Waals surface area contributed by atoms with Crippen LogP contribution in [-0.2, 0) is 9.59 Å². The Morgan fingerprint density at radius 3 is 1.43 bits per heavy atom. The summed E-state index contributed by atoms with van der Waals surface area (Å²) >= 11 is 0. The van der Waals surface area contributed by atoms with E-state index in [2.05, 4.69) is 0 Å². The highest BCUT2D eigenvalue weighted by Crippen LogP contribution is 2.28. The molecular weight excluding hydrogens is 184 g/mol. The van der Waals surface area contributed by atoms with Crippen LogP contribution in [0.1, 0.15) is 26.7 Å². The van der Waals surface area contributed by atoms with E-state index in [1.54, 1.807) is 0 Å². The lowest BCUT2D eigenvalue weighted by molar-refractivity contribution is -0.115. The number of aliphatic hydroxyl groups excluding tert-OH is 2. The van der Waals surface area contributed by atoms with Gasteiger partial charge in [-0.2, -0.15) is 0 Å². The molecule has 0 unspecified atom stereocenters. The molecular formula is C10H12O4. The predicted molar refractivity (Wildman–Crippen MR) is 49.9 cm³/mol. The number of ketones is 2. The quantitative estimate of drug-likeness (QED) is 0.703. The van der Waals surface area contributed by atoms with E-state index in [9.17, 15) is 19.8 Å². The summed E-state index contributed by atoms with van der Waals surface area (Å²) < 4.78 is 0. The van der Waals surface area contributed by atoms with E-state index in [-0.39, 0.29) is 47.1 Å². The topological polar surface area (TPSA) is 74.6 Å². The highest BCUT2D eigenvalue weighted by atomic mass is 16.3. The fraction of sp³-hybridized carbons (Fsp3) is 0.400. The molecule has 76 valence electrons. The average Bonchev–Trinajstić information content (AvgIpc) is 2.07. The minimum absolute atomic E-state index is 0.0456. The lowest BCUT2D eigenvalue weighted by Crippen LogP contribution is -2.14. The van der Waals surface area contributed by atoms with Crippen LogP contribution >= 0.6 is 0 Å². The van der Waals surface area contributed by atoms with Gasteiger partial charge in [0.05, 0.1) is 0 Å². The molecule has 0 saturated heterocycles. The molecule has 0 spiro atoms. The molecule has 2 N–H and O–H groups in total. The standard InChI is InChI=1S/C10H12O4/c1-5(11)7-3-10(14)8(6(2)12)4-9(7)13/h13-14H,3-4H2,1-2H3. The lowest BCUT2D eigenvalue weighted by atomic mass is 9.92. The fourth-order valence-corrected chi connectivity index (χ4v) is 1.41. The van der Waals surface area contributed by atoms with Crippen LogP contribution in [0.25, 0.3) is 0 Å². The number of hydrogen-bond donors (Lipinski definition) is 2. The molecule has 0 amide bonds. The highest BCUT2D eigenvalue weighted by Gasteiger charge is 2.24. The Morgan fingerprint density at radius 1 is 0.929 bits per heavy atom. The van der Waals surface area contributed by atoms with E-state index < -0.39 is 0 Å². The summed E-state index contributed by atoms with van der Waals surface area (Å²) in [5.41, 5.74) is 0.375. The maximum absolute atomic E-state index is 11.0. The highest BCUT2D eigenvalue weighted by molar-refractivity contribution is 5.98. The van der Waals surface area contributed by atoms with Crippen molar-refractivity contribution in [1.29, 1.82) is 0 Å². The Labute approximate surface area is 81.6 Å². The molecule has 4 nitrogen and oxygen atoms in total. The molecule has 0 fully saturated rings. The number of rotatable bonds is 2. The van der Waals surface area contributed by atoms with Gasteiger partial charge in [-0.25, -0.2) is 0 Å². The van der Waals surface area contributed by atoms with Crippen molar-refractivity contribution in [2.24, 2.45) is 0 Å². The predicted octanol–water partition coefficient (Wildman–Crippen LogP) is 1.58.